The number of amides is 1. The highest BCUT2D eigenvalue weighted by Crippen LogP contribution is 2.33. The van der Waals surface area contributed by atoms with E-state index in [-0.39, 0.29) is 23.8 Å². The number of hydrogen-bond acceptors (Lipinski definition) is 4. The van der Waals surface area contributed by atoms with Gasteiger partial charge in [-0.2, -0.15) is 0 Å². The fraction of sp³-hybridized carbons (Fsp3) is 0.143. The first-order chi connectivity index (χ1) is 13.2. The summed E-state index contributed by atoms with van der Waals surface area (Å²) in [6.07, 6.45) is 1.58. The number of pyridine rings is 1. The summed E-state index contributed by atoms with van der Waals surface area (Å²) in [6, 6.07) is 20.8. The molecule has 0 unspecified atom stereocenters. The molecule has 6 heteroatoms. The Bertz CT molecular complexity index is 970. The average molecular weight is 380 g/mol. The van der Waals surface area contributed by atoms with Gasteiger partial charge in [0.25, 0.3) is 5.56 Å². The lowest BCUT2D eigenvalue weighted by Crippen LogP contribution is -2.28. The normalized spacial score (nSPS) is 10.4. The van der Waals surface area contributed by atoms with Crippen molar-refractivity contribution in [3.63, 3.8) is 0 Å². The van der Waals surface area contributed by atoms with Crippen molar-refractivity contribution in [3.8, 4) is 5.75 Å². The molecule has 0 saturated carbocycles. The number of benzene rings is 2. The number of aromatic nitrogens is 1. The van der Waals surface area contributed by atoms with Gasteiger partial charge in [-0.3, -0.25) is 9.59 Å². The van der Waals surface area contributed by atoms with E-state index in [9.17, 15) is 9.59 Å². The fourth-order valence-electron chi connectivity index (χ4n) is 2.52. The Morgan fingerprint density at radius 1 is 1.04 bits per heavy atom. The standard InChI is InChI=1S/C21H20N2O3S/c1-2-26-18-12-8-14-23(21(18)25)15-20(24)22-17-11-6-7-13-19(17)27-16-9-4-3-5-10-16/h3-14H,2,15H2,1H3,(H,22,24). The average Bonchev–Trinajstić information content (AvgIpc) is 2.67. The van der Waals surface area contributed by atoms with Gasteiger partial charge in [0, 0.05) is 16.0 Å². The summed E-state index contributed by atoms with van der Waals surface area (Å²) >= 11 is 1.57. The minimum Gasteiger partial charge on any atom is -0.488 e. The van der Waals surface area contributed by atoms with Crippen molar-refractivity contribution in [3.05, 3.63) is 83.3 Å². The molecule has 2 aromatic carbocycles. The van der Waals surface area contributed by atoms with Crippen LogP contribution in [0, 0.1) is 0 Å². The molecule has 0 aliphatic carbocycles. The molecule has 0 radical (unpaired) electrons. The van der Waals surface area contributed by atoms with Crippen LogP contribution in [0.25, 0.3) is 0 Å². The van der Waals surface area contributed by atoms with Crippen molar-refractivity contribution in [1.29, 1.82) is 0 Å². The van der Waals surface area contributed by atoms with Gasteiger partial charge in [0.15, 0.2) is 5.75 Å². The van der Waals surface area contributed by atoms with Gasteiger partial charge in [0.1, 0.15) is 6.54 Å². The summed E-state index contributed by atoms with van der Waals surface area (Å²) in [5, 5.41) is 2.90. The molecular weight excluding hydrogens is 360 g/mol. The highest BCUT2D eigenvalue weighted by Gasteiger charge is 2.11. The van der Waals surface area contributed by atoms with E-state index in [2.05, 4.69) is 5.32 Å². The maximum atomic E-state index is 12.5. The van der Waals surface area contributed by atoms with Crippen molar-refractivity contribution in [2.24, 2.45) is 0 Å². The van der Waals surface area contributed by atoms with Crippen molar-refractivity contribution >= 4 is 23.4 Å². The largest absolute Gasteiger partial charge is 0.488 e. The maximum Gasteiger partial charge on any atom is 0.293 e. The molecule has 0 aliphatic rings. The number of nitrogens with zero attached hydrogens (tertiary/aromatic N) is 1. The molecular formula is C21H20N2O3S. The summed E-state index contributed by atoms with van der Waals surface area (Å²) in [4.78, 5) is 26.8. The van der Waals surface area contributed by atoms with Gasteiger partial charge >= 0.3 is 0 Å². The second-order valence-corrected chi connectivity index (χ2v) is 6.81. The van der Waals surface area contributed by atoms with Crippen LogP contribution in [-0.4, -0.2) is 17.1 Å². The third kappa shape index (κ3) is 5.01. The minimum atomic E-state index is -0.318. The van der Waals surface area contributed by atoms with Crippen LogP contribution in [0.3, 0.4) is 0 Å². The number of ether oxygens (including phenoxy) is 1. The van der Waals surface area contributed by atoms with Crippen molar-refractivity contribution in [2.45, 2.75) is 23.3 Å². The van der Waals surface area contributed by atoms with Crippen molar-refractivity contribution < 1.29 is 9.53 Å². The summed E-state index contributed by atoms with van der Waals surface area (Å²) in [7, 11) is 0. The zero-order chi connectivity index (χ0) is 19.1. The maximum absolute atomic E-state index is 12.5. The van der Waals surface area contributed by atoms with Gasteiger partial charge in [-0.25, -0.2) is 0 Å². The molecule has 0 bridgehead atoms. The first-order valence-electron chi connectivity index (χ1n) is 8.61. The predicted molar refractivity (Wildman–Crippen MR) is 108 cm³/mol. The Kier molecular flexibility index (Phi) is 6.33. The van der Waals surface area contributed by atoms with E-state index in [1.807, 2.05) is 61.5 Å². The third-order valence-electron chi connectivity index (χ3n) is 3.73. The predicted octanol–water partition coefficient (Wildman–Crippen LogP) is 4.04. The van der Waals surface area contributed by atoms with Crippen LogP contribution in [0.15, 0.2) is 87.5 Å². The van der Waals surface area contributed by atoms with E-state index >= 15 is 0 Å². The molecule has 0 saturated heterocycles. The second-order valence-electron chi connectivity index (χ2n) is 5.70. The smallest absolute Gasteiger partial charge is 0.293 e. The molecule has 1 amide bonds. The number of hydrogen-bond donors (Lipinski definition) is 1. The van der Waals surface area contributed by atoms with Crippen LogP contribution < -0.4 is 15.6 Å². The number of para-hydroxylation sites is 1. The molecule has 0 aliphatic heterocycles. The van der Waals surface area contributed by atoms with Crippen molar-refractivity contribution in [1.82, 2.24) is 4.57 Å². The van der Waals surface area contributed by atoms with Crippen LogP contribution in [0.4, 0.5) is 5.69 Å². The molecule has 1 heterocycles. The van der Waals surface area contributed by atoms with E-state index in [0.29, 0.717) is 12.3 Å². The Hall–Kier alpha value is -2.99. The van der Waals surface area contributed by atoms with Gasteiger partial charge in [-0.1, -0.05) is 42.1 Å². The molecule has 0 spiro atoms. The molecule has 27 heavy (non-hydrogen) atoms. The van der Waals surface area contributed by atoms with E-state index in [1.165, 1.54) is 4.57 Å². The van der Waals surface area contributed by atoms with Gasteiger partial charge in [0.2, 0.25) is 5.91 Å². The molecule has 1 aromatic heterocycles. The van der Waals surface area contributed by atoms with E-state index < -0.39 is 0 Å². The molecule has 5 nitrogen and oxygen atoms in total. The van der Waals surface area contributed by atoms with Crippen molar-refractivity contribution in [2.75, 3.05) is 11.9 Å². The zero-order valence-corrected chi connectivity index (χ0v) is 15.7. The molecule has 3 aromatic rings. The lowest BCUT2D eigenvalue weighted by atomic mass is 10.3. The Morgan fingerprint density at radius 3 is 2.56 bits per heavy atom. The Labute approximate surface area is 162 Å². The third-order valence-corrected chi connectivity index (χ3v) is 4.81. The van der Waals surface area contributed by atoms with Gasteiger partial charge in [0.05, 0.1) is 12.3 Å². The summed E-state index contributed by atoms with van der Waals surface area (Å²) in [5.41, 5.74) is 0.395. The minimum absolute atomic E-state index is 0.0793. The molecule has 138 valence electrons. The summed E-state index contributed by atoms with van der Waals surface area (Å²) in [6.45, 7) is 2.13. The molecule has 3 rings (SSSR count). The number of anilines is 1. The SMILES string of the molecule is CCOc1cccn(CC(=O)Nc2ccccc2Sc2ccccc2)c1=O. The lowest BCUT2D eigenvalue weighted by molar-refractivity contribution is -0.116. The van der Waals surface area contributed by atoms with Gasteiger partial charge < -0.3 is 14.6 Å². The fourth-order valence-corrected chi connectivity index (χ4v) is 3.45. The molecule has 0 fully saturated rings. The van der Waals surface area contributed by atoms with Crippen LogP contribution in [-0.2, 0) is 11.3 Å². The zero-order valence-electron chi connectivity index (χ0n) is 14.9. The summed E-state index contributed by atoms with van der Waals surface area (Å²) < 4.78 is 6.63. The van der Waals surface area contributed by atoms with Crippen LogP contribution in [0.2, 0.25) is 0 Å². The first kappa shape index (κ1) is 18.8. The van der Waals surface area contributed by atoms with E-state index in [4.69, 9.17) is 4.74 Å². The highest BCUT2D eigenvalue weighted by atomic mass is 32.2. The van der Waals surface area contributed by atoms with Gasteiger partial charge in [-0.05, 0) is 43.3 Å². The highest BCUT2D eigenvalue weighted by molar-refractivity contribution is 7.99. The van der Waals surface area contributed by atoms with Crippen LogP contribution in [0.1, 0.15) is 6.92 Å². The van der Waals surface area contributed by atoms with E-state index in [1.54, 1.807) is 30.1 Å². The number of carbonyl (C=O) groups excluding carboxylic acids is 1. The lowest BCUT2D eigenvalue weighted by Gasteiger charge is -2.12. The van der Waals surface area contributed by atoms with Crippen LogP contribution in [0.5, 0.6) is 5.75 Å². The second kappa shape index (κ2) is 9.09. The monoisotopic (exact) mass is 380 g/mol. The van der Waals surface area contributed by atoms with Crippen LogP contribution >= 0.6 is 11.8 Å². The number of nitrogens with one attached hydrogen (secondary N) is 1. The number of rotatable bonds is 7. The summed E-state index contributed by atoms with van der Waals surface area (Å²) in [5.74, 6) is -0.0281. The molecule has 1 N–H and O–H groups in total. The quantitative estimate of drug-likeness (QED) is 0.672. The van der Waals surface area contributed by atoms with Gasteiger partial charge in [-0.15, -0.1) is 0 Å². The molecule has 0 atom stereocenters. The Balaban J connectivity index is 1.74. The first-order valence-corrected chi connectivity index (χ1v) is 9.43. The van der Waals surface area contributed by atoms with E-state index in [0.717, 1.165) is 9.79 Å². The topological polar surface area (TPSA) is 60.3 Å². The Morgan fingerprint density at radius 2 is 1.78 bits per heavy atom. The number of carbonyl (C=O) groups is 1.